The molecule has 16 heavy (non-hydrogen) atoms. The highest BCUT2D eigenvalue weighted by Gasteiger charge is 2.13. The summed E-state index contributed by atoms with van der Waals surface area (Å²) >= 11 is 8.89. The van der Waals surface area contributed by atoms with Crippen molar-refractivity contribution in [3.05, 3.63) is 45.9 Å². The summed E-state index contributed by atoms with van der Waals surface area (Å²) < 4.78 is 5.34. The molecule has 2 aromatic heterocycles. The van der Waals surface area contributed by atoms with E-state index >= 15 is 0 Å². The molecule has 0 atom stereocenters. The Kier molecular flexibility index (Phi) is 3.26. The number of rotatable bonds is 2. The molecule has 6 heteroatoms. The van der Waals surface area contributed by atoms with Crippen LogP contribution >= 0.6 is 27.5 Å². The second-order valence-electron chi connectivity index (χ2n) is 2.92. The van der Waals surface area contributed by atoms with Crippen LogP contribution in [0, 0.1) is 0 Å². The first kappa shape index (κ1) is 11.2. The number of carbonyl (C=O) groups is 1. The van der Waals surface area contributed by atoms with Crippen LogP contribution < -0.4 is 5.32 Å². The number of pyridine rings is 1. The number of nitrogens with one attached hydrogen (secondary N) is 1. The van der Waals surface area contributed by atoms with Gasteiger partial charge in [-0.1, -0.05) is 11.6 Å². The maximum Gasteiger partial charge on any atom is 0.261 e. The molecule has 2 rings (SSSR count). The fourth-order valence-electron chi connectivity index (χ4n) is 1.11. The quantitative estimate of drug-likeness (QED) is 0.925. The predicted molar refractivity (Wildman–Crippen MR) is 63.6 cm³/mol. The Hall–Kier alpha value is -1.33. The molecule has 0 aromatic carbocycles. The van der Waals surface area contributed by atoms with Gasteiger partial charge >= 0.3 is 0 Å². The van der Waals surface area contributed by atoms with Gasteiger partial charge in [-0.3, -0.25) is 4.79 Å². The normalized spacial score (nSPS) is 10.1. The second kappa shape index (κ2) is 4.67. The van der Waals surface area contributed by atoms with Crippen LogP contribution in [0.2, 0.25) is 5.02 Å². The van der Waals surface area contributed by atoms with Crippen LogP contribution in [0.1, 0.15) is 10.4 Å². The van der Waals surface area contributed by atoms with E-state index in [1.807, 2.05) is 0 Å². The Labute approximate surface area is 105 Å². The zero-order chi connectivity index (χ0) is 11.5. The number of halogens is 2. The Bertz CT molecular complexity index is 527. The molecule has 1 amide bonds. The highest BCUT2D eigenvalue weighted by atomic mass is 79.9. The summed E-state index contributed by atoms with van der Waals surface area (Å²) in [5.74, 6) is 0.0843. The minimum atomic E-state index is -0.310. The van der Waals surface area contributed by atoms with Crippen LogP contribution in [0.3, 0.4) is 0 Å². The Morgan fingerprint density at radius 2 is 2.31 bits per heavy atom. The number of amides is 1. The molecular weight excluding hydrogens is 295 g/mol. The van der Waals surface area contributed by atoms with Gasteiger partial charge in [0.1, 0.15) is 5.82 Å². The number of carbonyl (C=O) groups excluding carboxylic acids is 1. The molecule has 82 valence electrons. The lowest BCUT2D eigenvalue weighted by Crippen LogP contribution is -2.12. The van der Waals surface area contributed by atoms with Gasteiger partial charge in [-0.2, -0.15) is 0 Å². The number of anilines is 1. The van der Waals surface area contributed by atoms with Crippen molar-refractivity contribution in [2.45, 2.75) is 0 Å². The first-order valence-electron chi connectivity index (χ1n) is 4.33. The summed E-state index contributed by atoms with van der Waals surface area (Å²) in [6.07, 6.45) is 2.94. The molecule has 0 radical (unpaired) electrons. The summed E-state index contributed by atoms with van der Waals surface area (Å²) in [6, 6.07) is 4.75. The minimum absolute atomic E-state index is 0.310. The van der Waals surface area contributed by atoms with Gasteiger partial charge in [-0.15, -0.1) is 0 Å². The third-order valence-electron chi connectivity index (χ3n) is 1.83. The molecule has 2 aromatic rings. The number of hydrogen-bond acceptors (Lipinski definition) is 3. The van der Waals surface area contributed by atoms with Crippen molar-refractivity contribution < 1.29 is 9.21 Å². The second-order valence-corrected chi connectivity index (χ2v) is 4.08. The van der Waals surface area contributed by atoms with Crippen LogP contribution in [-0.2, 0) is 0 Å². The van der Waals surface area contributed by atoms with Crippen LogP contribution in [0.15, 0.2) is 39.7 Å². The van der Waals surface area contributed by atoms with E-state index in [0.29, 0.717) is 21.1 Å². The summed E-state index contributed by atoms with van der Waals surface area (Å²) in [4.78, 5) is 15.7. The molecule has 0 fully saturated rings. The van der Waals surface area contributed by atoms with Gasteiger partial charge in [0.15, 0.2) is 4.67 Å². The maximum atomic E-state index is 11.7. The van der Waals surface area contributed by atoms with Crippen molar-refractivity contribution in [3.63, 3.8) is 0 Å². The lowest BCUT2D eigenvalue weighted by molar-refractivity contribution is 0.102. The average molecular weight is 302 g/mol. The molecule has 0 aliphatic carbocycles. The first-order chi connectivity index (χ1) is 7.66. The highest BCUT2D eigenvalue weighted by molar-refractivity contribution is 9.10. The number of aromatic nitrogens is 1. The van der Waals surface area contributed by atoms with Gasteiger partial charge in [0, 0.05) is 11.2 Å². The van der Waals surface area contributed by atoms with Crippen LogP contribution in [0.4, 0.5) is 5.82 Å². The van der Waals surface area contributed by atoms with Crippen LogP contribution in [0.5, 0.6) is 0 Å². The van der Waals surface area contributed by atoms with E-state index in [9.17, 15) is 4.79 Å². The average Bonchev–Trinajstić information content (AvgIpc) is 2.64. The Morgan fingerprint density at radius 3 is 2.94 bits per heavy atom. The van der Waals surface area contributed by atoms with E-state index < -0.39 is 0 Å². The molecule has 0 bridgehead atoms. The first-order valence-corrected chi connectivity index (χ1v) is 5.50. The Balaban J connectivity index is 2.17. The molecule has 1 N–H and O–H groups in total. The van der Waals surface area contributed by atoms with E-state index in [1.165, 1.54) is 12.5 Å². The lowest BCUT2D eigenvalue weighted by atomic mass is 10.3. The van der Waals surface area contributed by atoms with E-state index in [-0.39, 0.29) is 5.91 Å². The third-order valence-corrected chi connectivity index (χ3v) is 2.68. The summed E-state index contributed by atoms with van der Waals surface area (Å²) in [5.41, 5.74) is 0.404. The standard InChI is InChI=1S/C10H6BrClN2O2/c11-9-7(2-4-16-9)10(15)14-8-5-6(12)1-3-13-8/h1-5H,(H,13,14,15). The zero-order valence-corrected chi connectivity index (χ0v) is 10.2. The third kappa shape index (κ3) is 2.43. The summed E-state index contributed by atoms with van der Waals surface area (Å²) in [6.45, 7) is 0. The molecule has 0 saturated heterocycles. The largest absolute Gasteiger partial charge is 0.457 e. The van der Waals surface area contributed by atoms with Gasteiger partial charge < -0.3 is 9.73 Å². The van der Waals surface area contributed by atoms with E-state index in [0.717, 1.165) is 0 Å². The van der Waals surface area contributed by atoms with Crippen molar-refractivity contribution in [1.82, 2.24) is 4.98 Å². The molecule has 0 unspecified atom stereocenters. The van der Waals surface area contributed by atoms with Crippen molar-refractivity contribution >= 4 is 39.3 Å². The van der Waals surface area contributed by atoms with Crippen LogP contribution in [0.25, 0.3) is 0 Å². The smallest absolute Gasteiger partial charge is 0.261 e. The molecule has 0 saturated carbocycles. The molecule has 0 spiro atoms. The minimum Gasteiger partial charge on any atom is -0.457 e. The van der Waals surface area contributed by atoms with E-state index in [1.54, 1.807) is 18.2 Å². The van der Waals surface area contributed by atoms with E-state index in [4.69, 9.17) is 16.0 Å². The molecule has 0 aliphatic rings. The van der Waals surface area contributed by atoms with Gasteiger partial charge in [0.05, 0.1) is 11.8 Å². The fourth-order valence-corrected chi connectivity index (χ4v) is 1.69. The fraction of sp³-hybridized carbons (Fsp3) is 0. The predicted octanol–water partition coefficient (Wildman–Crippen LogP) is 3.34. The van der Waals surface area contributed by atoms with Crippen molar-refractivity contribution in [2.24, 2.45) is 0 Å². The summed E-state index contributed by atoms with van der Waals surface area (Å²) in [5, 5.41) is 3.11. The monoisotopic (exact) mass is 300 g/mol. The van der Waals surface area contributed by atoms with Gasteiger partial charge in [0.25, 0.3) is 5.91 Å². The Morgan fingerprint density at radius 1 is 1.50 bits per heavy atom. The highest BCUT2D eigenvalue weighted by Crippen LogP contribution is 2.19. The van der Waals surface area contributed by atoms with Crippen molar-refractivity contribution in [3.8, 4) is 0 Å². The maximum absolute atomic E-state index is 11.7. The molecule has 0 aliphatic heterocycles. The van der Waals surface area contributed by atoms with Gasteiger partial charge in [0.2, 0.25) is 0 Å². The number of nitrogens with zero attached hydrogens (tertiary/aromatic N) is 1. The zero-order valence-electron chi connectivity index (χ0n) is 7.91. The molecule has 4 nitrogen and oxygen atoms in total. The van der Waals surface area contributed by atoms with Crippen molar-refractivity contribution in [2.75, 3.05) is 5.32 Å². The van der Waals surface area contributed by atoms with Gasteiger partial charge in [-0.05, 0) is 34.1 Å². The molecule has 2 heterocycles. The number of hydrogen-bond donors (Lipinski definition) is 1. The summed E-state index contributed by atoms with van der Waals surface area (Å²) in [7, 11) is 0. The SMILES string of the molecule is O=C(Nc1cc(Cl)ccn1)c1ccoc1Br. The van der Waals surface area contributed by atoms with Crippen LogP contribution in [-0.4, -0.2) is 10.9 Å². The van der Waals surface area contributed by atoms with Crippen molar-refractivity contribution in [1.29, 1.82) is 0 Å². The van der Waals surface area contributed by atoms with E-state index in [2.05, 4.69) is 26.2 Å². The molecular formula is C10H6BrClN2O2. The topological polar surface area (TPSA) is 55.1 Å². The van der Waals surface area contributed by atoms with Gasteiger partial charge in [-0.25, -0.2) is 4.98 Å². The number of furan rings is 1. The lowest BCUT2D eigenvalue weighted by Gasteiger charge is -2.02.